The molecule has 4 nitrogen and oxygen atoms in total. The molecule has 2 N–H and O–H groups in total. The Kier molecular flexibility index (Phi) is 7.39. The summed E-state index contributed by atoms with van der Waals surface area (Å²) in [6.45, 7) is 11.6. The van der Waals surface area contributed by atoms with Crippen LogP contribution in [0.5, 0.6) is 0 Å². The van der Waals surface area contributed by atoms with Gasteiger partial charge in [0.2, 0.25) is 5.91 Å². The highest BCUT2D eigenvalue weighted by Gasteiger charge is 2.24. The van der Waals surface area contributed by atoms with E-state index in [1.807, 2.05) is 6.92 Å². The van der Waals surface area contributed by atoms with E-state index in [4.69, 9.17) is 0 Å². The molecule has 112 valence electrons. The monoisotopic (exact) mass is 269 g/mol. The SMILES string of the molecule is CCCC(C)NC(=O)C(C)NCC1CCCN1CC. The first-order valence-electron chi connectivity index (χ1n) is 7.86. The Bertz CT molecular complexity index is 270. The quantitative estimate of drug-likeness (QED) is 0.705. The summed E-state index contributed by atoms with van der Waals surface area (Å²) >= 11 is 0. The molecule has 19 heavy (non-hydrogen) atoms. The van der Waals surface area contributed by atoms with Gasteiger partial charge in [-0.2, -0.15) is 0 Å². The van der Waals surface area contributed by atoms with E-state index >= 15 is 0 Å². The van der Waals surface area contributed by atoms with Crippen molar-refractivity contribution in [3.05, 3.63) is 0 Å². The van der Waals surface area contributed by atoms with Crippen molar-refractivity contribution in [1.82, 2.24) is 15.5 Å². The molecule has 1 rings (SSSR count). The van der Waals surface area contributed by atoms with Gasteiger partial charge in [0.1, 0.15) is 0 Å². The van der Waals surface area contributed by atoms with Crippen LogP contribution in [0.15, 0.2) is 0 Å². The minimum absolute atomic E-state index is 0.0985. The molecule has 0 bridgehead atoms. The third-order valence-corrected chi connectivity index (χ3v) is 4.07. The van der Waals surface area contributed by atoms with Gasteiger partial charge in [0.05, 0.1) is 6.04 Å². The Balaban J connectivity index is 2.26. The molecule has 1 saturated heterocycles. The van der Waals surface area contributed by atoms with Crippen molar-refractivity contribution >= 4 is 5.91 Å². The summed E-state index contributed by atoms with van der Waals surface area (Å²) in [5.41, 5.74) is 0. The molecule has 0 saturated carbocycles. The number of nitrogens with one attached hydrogen (secondary N) is 2. The van der Waals surface area contributed by atoms with Gasteiger partial charge in [0, 0.05) is 18.6 Å². The first-order chi connectivity index (χ1) is 9.08. The van der Waals surface area contributed by atoms with Crippen molar-refractivity contribution in [2.24, 2.45) is 0 Å². The average Bonchev–Trinajstić information content (AvgIpc) is 2.83. The van der Waals surface area contributed by atoms with Crippen molar-refractivity contribution in [3.8, 4) is 0 Å². The highest BCUT2D eigenvalue weighted by atomic mass is 16.2. The lowest BCUT2D eigenvalue weighted by Gasteiger charge is -2.25. The minimum atomic E-state index is -0.0985. The summed E-state index contributed by atoms with van der Waals surface area (Å²) in [7, 11) is 0. The maximum absolute atomic E-state index is 12.0. The van der Waals surface area contributed by atoms with Gasteiger partial charge in [0.15, 0.2) is 0 Å². The number of carbonyl (C=O) groups excluding carboxylic acids is 1. The van der Waals surface area contributed by atoms with Gasteiger partial charge < -0.3 is 10.6 Å². The van der Waals surface area contributed by atoms with Gasteiger partial charge in [-0.3, -0.25) is 9.69 Å². The van der Waals surface area contributed by atoms with E-state index in [1.54, 1.807) is 0 Å². The molecule has 1 heterocycles. The lowest BCUT2D eigenvalue weighted by Crippen LogP contribution is -2.48. The lowest BCUT2D eigenvalue weighted by atomic mass is 10.1. The van der Waals surface area contributed by atoms with Crippen molar-refractivity contribution in [1.29, 1.82) is 0 Å². The smallest absolute Gasteiger partial charge is 0.237 e. The molecule has 1 aliphatic heterocycles. The van der Waals surface area contributed by atoms with E-state index in [0.29, 0.717) is 6.04 Å². The summed E-state index contributed by atoms with van der Waals surface area (Å²) in [6.07, 6.45) is 4.69. The van der Waals surface area contributed by atoms with Crippen LogP contribution in [0.2, 0.25) is 0 Å². The topological polar surface area (TPSA) is 44.4 Å². The van der Waals surface area contributed by atoms with E-state index in [1.165, 1.54) is 19.4 Å². The molecule has 0 radical (unpaired) electrons. The second kappa shape index (κ2) is 8.54. The Morgan fingerprint density at radius 1 is 1.37 bits per heavy atom. The molecule has 0 aromatic rings. The Labute approximate surface area is 118 Å². The highest BCUT2D eigenvalue weighted by Crippen LogP contribution is 2.15. The van der Waals surface area contributed by atoms with E-state index in [9.17, 15) is 4.79 Å². The van der Waals surface area contributed by atoms with Gasteiger partial charge in [0.25, 0.3) is 0 Å². The molecule has 4 heteroatoms. The zero-order valence-corrected chi connectivity index (χ0v) is 13.0. The van der Waals surface area contributed by atoms with Crippen molar-refractivity contribution < 1.29 is 4.79 Å². The number of hydrogen-bond donors (Lipinski definition) is 2. The number of hydrogen-bond acceptors (Lipinski definition) is 3. The number of nitrogens with zero attached hydrogens (tertiary/aromatic N) is 1. The van der Waals surface area contributed by atoms with Crippen molar-refractivity contribution in [2.45, 2.75) is 71.5 Å². The van der Waals surface area contributed by atoms with Gasteiger partial charge >= 0.3 is 0 Å². The van der Waals surface area contributed by atoms with Crippen LogP contribution in [0, 0.1) is 0 Å². The summed E-state index contributed by atoms with van der Waals surface area (Å²) in [5, 5.41) is 6.45. The van der Waals surface area contributed by atoms with Crippen LogP contribution in [0.25, 0.3) is 0 Å². The molecular weight excluding hydrogens is 238 g/mol. The molecule has 1 aliphatic rings. The Hall–Kier alpha value is -0.610. The summed E-state index contributed by atoms with van der Waals surface area (Å²) in [6, 6.07) is 0.785. The van der Waals surface area contributed by atoms with Crippen LogP contribution < -0.4 is 10.6 Å². The predicted molar refractivity (Wildman–Crippen MR) is 80.2 cm³/mol. The van der Waals surface area contributed by atoms with E-state index < -0.39 is 0 Å². The second-order valence-electron chi connectivity index (χ2n) is 5.75. The van der Waals surface area contributed by atoms with Crippen molar-refractivity contribution in [3.63, 3.8) is 0 Å². The van der Waals surface area contributed by atoms with Crippen LogP contribution in [-0.4, -0.2) is 48.6 Å². The normalized spacial score (nSPS) is 23.3. The molecule has 0 spiro atoms. The summed E-state index contributed by atoms with van der Waals surface area (Å²) < 4.78 is 0. The minimum Gasteiger partial charge on any atom is -0.352 e. The van der Waals surface area contributed by atoms with Gasteiger partial charge in [-0.05, 0) is 46.2 Å². The Morgan fingerprint density at radius 3 is 2.74 bits per heavy atom. The van der Waals surface area contributed by atoms with E-state index in [2.05, 4.69) is 36.3 Å². The van der Waals surface area contributed by atoms with E-state index in [-0.39, 0.29) is 18.0 Å². The highest BCUT2D eigenvalue weighted by molar-refractivity contribution is 5.81. The maximum atomic E-state index is 12.0. The van der Waals surface area contributed by atoms with Crippen molar-refractivity contribution in [2.75, 3.05) is 19.6 Å². The van der Waals surface area contributed by atoms with Gasteiger partial charge in [-0.1, -0.05) is 20.3 Å². The van der Waals surface area contributed by atoms with Crippen LogP contribution in [0.1, 0.15) is 53.4 Å². The molecule has 0 aliphatic carbocycles. The first-order valence-corrected chi connectivity index (χ1v) is 7.86. The third kappa shape index (κ3) is 5.49. The fraction of sp³-hybridized carbons (Fsp3) is 0.933. The molecule has 0 aromatic carbocycles. The number of rotatable bonds is 8. The number of carbonyl (C=O) groups is 1. The Morgan fingerprint density at radius 2 is 2.11 bits per heavy atom. The predicted octanol–water partition coefficient (Wildman–Crippen LogP) is 1.75. The summed E-state index contributed by atoms with van der Waals surface area (Å²) in [5.74, 6) is 0.127. The number of likely N-dealkylation sites (N-methyl/N-ethyl adjacent to an activating group) is 1. The molecule has 1 fully saturated rings. The van der Waals surface area contributed by atoms with E-state index in [0.717, 1.165) is 25.9 Å². The van der Waals surface area contributed by atoms with Crippen LogP contribution in [0.3, 0.4) is 0 Å². The average molecular weight is 269 g/mol. The largest absolute Gasteiger partial charge is 0.352 e. The van der Waals surface area contributed by atoms with Gasteiger partial charge in [-0.25, -0.2) is 0 Å². The molecule has 0 aromatic heterocycles. The fourth-order valence-electron chi connectivity index (χ4n) is 2.82. The standard InChI is InChI=1S/C15H31N3O/c1-5-8-12(3)17-15(19)13(4)16-11-14-9-7-10-18(14)6-2/h12-14,16H,5-11H2,1-4H3,(H,17,19). The lowest BCUT2D eigenvalue weighted by molar-refractivity contribution is -0.123. The summed E-state index contributed by atoms with van der Waals surface area (Å²) in [4.78, 5) is 14.5. The van der Waals surface area contributed by atoms with Crippen LogP contribution in [0.4, 0.5) is 0 Å². The first kappa shape index (κ1) is 16.4. The fourth-order valence-corrected chi connectivity index (χ4v) is 2.82. The molecular formula is C15H31N3O. The zero-order chi connectivity index (χ0) is 14.3. The second-order valence-corrected chi connectivity index (χ2v) is 5.75. The third-order valence-electron chi connectivity index (χ3n) is 4.07. The van der Waals surface area contributed by atoms with Crippen LogP contribution in [-0.2, 0) is 4.79 Å². The maximum Gasteiger partial charge on any atom is 0.237 e. The molecule has 3 atom stereocenters. The zero-order valence-electron chi connectivity index (χ0n) is 13.0. The number of amides is 1. The van der Waals surface area contributed by atoms with Gasteiger partial charge in [-0.15, -0.1) is 0 Å². The molecule has 1 amide bonds. The van der Waals surface area contributed by atoms with Crippen LogP contribution >= 0.6 is 0 Å². The number of likely N-dealkylation sites (tertiary alicyclic amines) is 1. The molecule has 3 unspecified atom stereocenters.